The molecule has 1 aromatic carbocycles. The van der Waals surface area contributed by atoms with Crippen molar-refractivity contribution in [3.05, 3.63) is 35.5 Å². The topological polar surface area (TPSA) is 77.8 Å². The van der Waals surface area contributed by atoms with Crippen LogP contribution < -0.4 is 0 Å². The molecule has 0 radical (unpaired) electrons. The van der Waals surface area contributed by atoms with Gasteiger partial charge in [0.05, 0.1) is 5.52 Å². The molecule has 3 rings (SSSR count). The Morgan fingerprint density at radius 2 is 1.55 bits per heavy atom. The zero-order valence-corrected chi connectivity index (χ0v) is 19.4. The lowest BCUT2D eigenvalue weighted by molar-refractivity contribution is 0.0292. The van der Waals surface area contributed by atoms with E-state index in [2.05, 4.69) is 0 Å². The van der Waals surface area contributed by atoms with Crippen LogP contribution in [0.5, 0.6) is 0 Å². The van der Waals surface area contributed by atoms with Crippen molar-refractivity contribution in [3.63, 3.8) is 0 Å². The Morgan fingerprint density at radius 3 is 2.13 bits per heavy atom. The van der Waals surface area contributed by atoms with Crippen molar-refractivity contribution in [3.8, 4) is 0 Å². The lowest BCUT2D eigenvalue weighted by Crippen LogP contribution is -2.35. The molecule has 1 unspecified atom stereocenters. The number of aromatic nitrogens is 1. The van der Waals surface area contributed by atoms with Gasteiger partial charge in [0.1, 0.15) is 11.2 Å². The Hall–Kier alpha value is -2.83. The van der Waals surface area contributed by atoms with Crippen molar-refractivity contribution in [2.24, 2.45) is 0 Å². The highest BCUT2D eigenvalue weighted by Crippen LogP contribution is 2.35. The molecule has 1 amide bonds. The molecule has 1 aromatic heterocycles. The Morgan fingerprint density at radius 1 is 0.935 bits per heavy atom. The summed E-state index contributed by atoms with van der Waals surface area (Å²) in [6.07, 6.45) is 1.59. The molecule has 7 heteroatoms. The fourth-order valence-corrected chi connectivity index (χ4v) is 3.89. The van der Waals surface area contributed by atoms with E-state index in [1.807, 2.05) is 32.9 Å². The third-order valence-corrected chi connectivity index (χ3v) is 5.13. The maximum atomic E-state index is 12.8. The van der Waals surface area contributed by atoms with Crippen LogP contribution >= 0.6 is 0 Å². The molecule has 7 nitrogen and oxygen atoms in total. The summed E-state index contributed by atoms with van der Waals surface area (Å²) in [6.45, 7) is 13.6. The minimum atomic E-state index is -0.652. The summed E-state index contributed by atoms with van der Waals surface area (Å²) in [7, 11) is 0. The number of carbonyl (C=O) groups excluding carboxylic acids is 3. The fourth-order valence-electron chi connectivity index (χ4n) is 3.89. The van der Waals surface area contributed by atoms with Crippen LogP contribution in [-0.4, -0.2) is 51.7 Å². The molecule has 0 spiro atoms. The zero-order valence-electron chi connectivity index (χ0n) is 19.4. The molecule has 1 aliphatic rings. The number of benzene rings is 1. The maximum Gasteiger partial charge on any atom is 0.419 e. The average molecular weight is 429 g/mol. The van der Waals surface area contributed by atoms with Crippen molar-refractivity contribution in [1.82, 2.24) is 9.47 Å². The molecule has 168 valence electrons. The lowest BCUT2D eigenvalue weighted by Gasteiger charge is -2.24. The van der Waals surface area contributed by atoms with Gasteiger partial charge < -0.3 is 14.4 Å². The molecule has 0 bridgehead atoms. The number of ketones is 1. The average Bonchev–Trinajstić information content (AvgIpc) is 3.25. The van der Waals surface area contributed by atoms with Gasteiger partial charge in [-0.05, 0) is 72.6 Å². The predicted molar refractivity (Wildman–Crippen MR) is 119 cm³/mol. The van der Waals surface area contributed by atoms with Gasteiger partial charge in [0.15, 0.2) is 5.78 Å². The molecule has 1 saturated heterocycles. The first-order valence-electron chi connectivity index (χ1n) is 10.6. The van der Waals surface area contributed by atoms with Gasteiger partial charge >= 0.3 is 12.2 Å². The number of hydrogen-bond donors (Lipinski definition) is 0. The van der Waals surface area contributed by atoms with Crippen molar-refractivity contribution in [1.29, 1.82) is 0 Å². The van der Waals surface area contributed by atoms with Crippen LogP contribution in [0.2, 0.25) is 0 Å². The quantitative estimate of drug-likeness (QED) is 0.603. The first-order chi connectivity index (χ1) is 14.3. The normalized spacial score (nSPS) is 17.1. The van der Waals surface area contributed by atoms with E-state index < -0.39 is 17.3 Å². The van der Waals surface area contributed by atoms with Crippen LogP contribution in [-0.2, 0) is 9.47 Å². The minimum absolute atomic E-state index is 0.0884. The second kappa shape index (κ2) is 8.02. The largest absolute Gasteiger partial charge is 0.444 e. The smallest absolute Gasteiger partial charge is 0.419 e. The number of carbonyl (C=O) groups is 3. The standard InChI is InChI=1S/C24H32N2O5/c1-15(27)17-8-9-18(16-10-12-25(14-16)21(28)30-23(2,3)4)19-11-13-26(20(17)19)22(29)31-24(5,6)7/h8-9,11,13,16H,10,12,14H2,1-7H3. The highest BCUT2D eigenvalue weighted by atomic mass is 16.6. The predicted octanol–water partition coefficient (Wildman–Crippen LogP) is 5.35. The lowest BCUT2D eigenvalue weighted by atomic mass is 9.93. The monoisotopic (exact) mass is 428 g/mol. The Labute approximate surface area is 183 Å². The van der Waals surface area contributed by atoms with E-state index in [0.29, 0.717) is 24.2 Å². The summed E-state index contributed by atoms with van der Waals surface area (Å²) in [5.41, 5.74) is 0.831. The first kappa shape index (κ1) is 22.8. The molecule has 1 aliphatic heterocycles. The van der Waals surface area contributed by atoms with Crippen LogP contribution in [0, 0.1) is 0 Å². The van der Waals surface area contributed by atoms with Crippen LogP contribution in [0.25, 0.3) is 10.9 Å². The third kappa shape index (κ3) is 5.09. The number of amides is 1. The highest BCUT2D eigenvalue weighted by Gasteiger charge is 2.32. The molecule has 0 aliphatic carbocycles. The molecular formula is C24H32N2O5. The molecule has 1 atom stereocenters. The van der Waals surface area contributed by atoms with Crippen LogP contribution in [0.15, 0.2) is 24.4 Å². The Bertz CT molecular complexity index is 1020. The first-order valence-corrected chi connectivity index (χ1v) is 10.6. The highest BCUT2D eigenvalue weighted by molar-refractivity contribution is 6.09. The van der Waals surface area contributed by atoms with Gasteiger partial charge in [-0.15, -0.1) is 0 Å². The number of likely N-dealkylation sites (tertiary alicyclic amines) is 1. The summed E-state index contributed by atoms with van der Waals surface area (Å²) < 4.78 is 12.4. The summed E-state index contributed by atoms with van der Waals surface area (Å²) in [5.74, 6) is -0.0348. The van der Waals surface area contributed by atoms with E-state index in [9.17, 15) is 14.4 Å². The van der Waals surface area contributed by atoms with E-state index in [0.717, 1.165) is 17.4 Å². The van der Waals surface area contributed by atoms with E-state index in [1.165, 1.54) is 11.5 Å². The molecule has 1 fully saturated rings. The third-order valence-electron chi connectivity index (χ3n) is 5.13. The van der Waals surface area contributed by atoms with Crippen molar-refractivity contribution >= 4 is 28.9 Å². The van der Waals surface area contributed by atoms with Gasteiger partial charge in [0.25, 0.3) is 0 Å². The zero-order chi connectivity index (χ0) is 23.1. The molecule has 0 N–H and O–H groups in total. The van der Waals surface area contributed by atoms with Gasteiger partial charge in [-0.3, -0.25) is 9.36 Å². The minimum Gasteiger partial charge on any atom is -0.444 e. The summed E-state index contributed by atoms with van der Waals surface area (Å²) in [5, 5.41) is 0.828. The number of hydrogen-bond acceptors (Lipinski definition) is 5. The van der Waals surface area contributed by atoms with Crippen LogP contribution in [0.1, 0.15) is 76.7 Å². The second-order valence-electron chi connectivity index (χ2n) is 10.1. The van der Waals surface area contributed by atoms with E-state index >= 15 is 0 Å². The summed E-state index contributed by atoms with van der Waals surface area (Å²) in [4.78, 5) is 39.2. The van der Waals surface area contributed by atoms with Gasteiger partial charge in [0, 0.05) is 36.2 Å². The number of Topliss-reactive ketones (excluding diaryl/α,β-unsaturated/α-hetero) is 1. The molecule has 0 saturated carbocycles. The number of ether oxygens (including phenoxy) is 2. The van der Waals surface area contributed by atoms with Gasteiger partial charge in [0.2, 0.25) is 0 Å². The van der Waals surface area contributed by atoms with Crippen molar-refractivity contribution in [2.75, 3.05) is 13.1 Å². The van der Waals surface area contributed by atoms with E-state index in [4.69, 9.17) is 9.47 Å². The van der Waals surface area contributed by atoms with Crippen LogP contribution in [0.3, 0.4) is 0 Å². The van der Waals surface area contributed by atoms with Gasteiger partial charge in [-0.1, -0.05) is 6.07 Å². The maximum absolute atomic E-state index is 12.8. The Kier molecular flexibility index (Phi) is 5.91. The molecule has 31 heavy (non-hydrogen) atoms. The van der Waals surface area contributed by atoms with Crippen molar-refractivity contribution in [2.45, 2.75) is 72.0 Å². The van der Waals surface area contributed by atoms with Gasteiger partial charge in [-0.2, -0.15) is 0 Å². The van der Waals surface area contributed by atoms with E-state index in [1.54, 1.807) is 37.9 Å². The fraction of sp³-hybridized carbons (Fsp3) is 0.542. The summed E-state index contributed by atoms with van der Waals surface area (Å²) in [6, 6.07) is 5.54. The molecular weight excluding hydrogens is 396 g/mol. The van der Waals surface area contributed by atoms with Crippen LogP contribution in [0.4, 0.5) is 9.59 Å². The number of rotatable bonds is 2. The Balaban J connectivity index is 1.96. The second-order valence-corrected chi connectivity index (χ2v) is 10.1. The van der Waals surface area contributed by atoms with E-state index in [-0.39, 0.29) is 17.8 Å². The van der Waals surface area contributed by atoms with Crippen molar-refractivity contribution < 1.29 is 23.9 Å². The molecule has 2 heterocycles. The number of nitrogens with zero attached hydrogens (tertiary/aromatic N) is 2. The van der Waals surface area contributed by atoms with Gasteiger partial charge in [-0.25, -0.2) is 9.59 Å². The molecule has 2 aromatic rings. The summed E-state index contributed by atoms with van der Waals surface area (Å²) >= 11 is 0. The SMILES string of the molecule is CC(=O)c1ccc(C2CCN(C(=O)OC(C)(C)C)C2)c2ccn(C(=O)OC(C)(C)C)c12. The number of fused-ring (bicyclic) bond motifs is 1.